The monoisotopic (exact) mass is 590 g/mol. The van der Waals surface area contributed by atoms with Gasteiger partial charge in [-0.05, 0) is 71.9 Å². The van der Waals surface area contributed by atoms with Gasteiger partial charge < -0.3 is 34.5 Å². The second kappa shape index (κ2) is 13.1. The number of aromatic nitrogens is 2. The number of hydrogen-bond acceptors (Lipinski definition) is 8. The van der Waals surface area contributed by atoms with E-state index in [9.17, 15) is 14.7 Å². The standard InChI is InChI=1S/C30H50N4O6Si/c1-10-30(5,37)24-17-22-25(32-20-11-13-21(14-12-20)33-28(36)40-29(2,3)4)23(27(35)38-6)18-31-26(22)34(24)19-39-15-16-41(7,8)9/h17-18,20-21,37H,10-16,19H2,1-9H3,(H,31,32)(H,33,36)/t20-,21-,30?. The summed E-state index contributed by atoms with van der Waals surface area (Å²) in [6.07, 6.45) is 4.78. The summed E-state index contributed by atoms with van der Waals surface area (Å²) in [5.41, 5.74) is 0.643. The Morgan fingerprint density at radius 1 is 1.12 bits per heavy atom. The number of carbonyl (C=O) groups is 2. The first-order valence-corrected chi connectivity index (χ1v) is 18.4. The predicted molar refractivity (Wildman–Crippen MR) is 164 cm³/mol. The topological polar surface area (TPSA) is 124 Å². The summed E-state index contributed by atoms with van der Waals surface area (Å²) in [5, 5.41) is 18.6. The summed E-state index contributed by atoms with van der Waals surface area (Å²) in [6, 6.07) is 3.05. The number of pyridine rings is 1. The quantitative estimate of drug-likeness (QED) is 0.165. The molecular weight excluding hydrogens is 540 g/mol. The van der Waals surface area contributed by atoms with Crippen LogP contribution in [0.2, 0.25) is 25.7 Å². The number of rotatable bonds is 11. The number of hydrogen-bond donors (Lipinski definition) is 3. The van der Waals surface area contributed by atoms with Crippen molar-refractivity contribution in [2.45, 2.75) is 122 Å². The van der Waals surface area contributed by atoms with E-state index in [1.807, 2.05) is 38.3 Å². The zero-order valence-electron chi connectivity index (χ0n) is 26.3. The van der Waals surface area contributed by atoms with Gasteiger partial charge in [-0.3, -0.25) is 0 Å². The number of fused-ring (bicyclic) bond motifs is 1. The number of ether oxygens (including phenoxy) is 3. The van der Waals surface area contributed by atoms with Gasteiger partial charge in [-0.2, -0.15) is 0 Å². The fraction of sp³-hybridized carbons (Fsp3) is 0.700. The Morgan fingerprint density at radius 3 is 2.32 bits per heavy atom. The van der Waals surface area contributed by atoms with Crippen LogP contribution in [0.4, 0.5) is 10.5 Å². The number of anilines is 1. The number of esters is 1. The highest BCUT2D eigenvalue weighted by Crippen LogP contribution is 2.36. The minimum atomic E-state index is -1.26. The molecule has 1 aliphatic carbocycles. The van der Waals surface area contributed by atoms with E-state index >= 15 is 0 Å². The molecule has 1 atom stereocenters. The molecule has 0 saturated heterocycles. The summed E-state index contributed by atoms with van der Waals surface area (Å²) in [5.74, 6) is -0.481. The number of carbonyl (C=O) groups excluding carboxylic acids is 2. The van der Waals surface area contributed by atoms with Crippen molar-refractivity contribution in [2.75, 3.05) is 19.0 Å². The van der Waals surface area contributed by atoms with Crippen LogP contribution in [0, 0.1) is 0 Å². The fourth-order valence-electron chi connectivity index (χ4n) is 4.97. The minimum Gasteiger partial charge on any atom is -0.465 e. The lowest BCUT2D eigenvalue weighted by atomic mass is 9.90. The van der Waals surface area contributed by atoms with Crippen LogP contribution in [0.25, 0.3) is 11.0 Å². The van der Waals surface area contributed by atoms with Crippen molar-refractivity contribution in [3.63, 3.8) is 0 Å². The van der Waals surface area contributed by atoms with Gasteiger partial charge in [-0.25, -0.2) is 14.6 Å². The zero-order valence-corrected chi connectivity index (χ0v) is 27.3. The van der Waals surface area contributed by atoms with Crippen molar-refractivity contribution < 1.29 is 28.9 Å². The third-order valence-electron chi connectivity index (χ3n) is 7.58. The van der Waals surface area contributed by atoms with Gasteiger partial charge >= 0.3 is 12.1 Å². The van der Waals surface area contributed by atoms with Crippen LogP contribution in [-0.4, -0.2) is 66.2 Å². The van der Waals surface area contributed by atoms with E-state index in [2.05, 4.69) is 35.3 Å². The summed E-state index contributed by atoms with van der Waals surface area (Å²) in [6.45, 7) is 17.1. The lowest BCUT2D eigenvalue weighted by Gasteiger charge is -2.31. The fourth-order valence-corrected chi connectivity index (χ4v) is 5.73. The maximum absolute atomic E-state index is 12.8. The molecule has 41 heavy (non-hydrogen) atoms. The third-order valence-corrected chi connectivity index (χ3v) is 9.29. The largest absolute Gasteiger partial charge is 0.465 e. The average Bonchev–Trinajstić information content (AvgIpc) is 3.25. The van der Waals surface area contributed by atoms with Crippen LogP contribution < -0.4 is 10.6 Å². The molecule has 3 N–H and O–H groups in total. The Morgan fingerprint density at radius 2 is 1.76 bits per heavy atom. The van der Waals surface area contributed by atoms with Gasteiger partial charge in [-0.15, -0.1) is 0 Å². The molecule has 2 aromatic heterocycles. The Bertz CT molecular complexity index is 1210. The maximum atomic E-state index is 12.8. The van der Waals surface area contributed by atoms with E-state index < -0.39 is 31.3 Å². The van der Waals surface area contributed by atoms with Crippen LogP contribution in [0.3, 0.4) is 0 Å². The molecular formula is C30H50N4O6Si. The first-order valence-electron chi connectivity index (χ1n) is 14.7. The molecule has 2 aromatic rings. The lowest BCUT2D eigenvalue weighted by molar-refractivity contribution is 0.0296. The summed E-state index contributed by atoms with van der Waals surface area (Å²) in [4.78, 5) is 29.7. The Labute approximate surface area is 245 Å². The number of aliphatic hydroxyl groups is 1. The van der Waals surface area contributed by atoms with Crippen molar-refractivity contribution >= 4 is 36.9 Å². The molecule has 0 aliphatic heterocycles. The van der Waals surface area contributed by atoms with Gasteiger partial charge in [0, 0.05) is 38.3 Å². The van der Waals surface area contributed by atoms with E-state index in [0.29, 0.717) is 35.6 Å². The van der Waals surface area contributed by atoms with Crippen LogP contribution in [-0.2, 0) is 26.5 Å². The number of nitrogens with one attached hydrogen (secondary N) is 2. The highest BCUT2D eigenvalue weighted by Gasteiger charge is 2.31. The van der Waals surface area contributed by atoms with Gasteiger partial charge in [0.05, 0.1) is 18.5 Å². The normalized spacial score (nSPS) is 19.5. The van der Waals surface area contributed by atoms with Crippen molar-refractivity contribution in [1.82, 2.24) is 14.9 Å². The van der Waals surface area contributed by atoms with Crippen molar-refractivity contribution in [3.05, 3.63) is 23.5 Å². The van der Waals surface area contributed by atoms with Crippen LogP contribution in [0.5, 0.6) is 0 Å². The molecule has 0 radical (unpaired) electrons. The van der Waals surface area contributed by atoms with Gasteiger partial charge in [0.15, 0.2) is 0 Å². The van der Waals surface area contributed by atoms with Gasteiger partial charge in [0.25, 0.3) is 0 Å². The third kappa shape index (κ3) is 8.92. The number of methoxy groups -OCH3 is 1. The van der Waals surface area contributed by atoms with Crippen LogP contribution in [0.1, 0.15) is 82.8 Å². The van der Waals surface area contributed by atoms with Gasteiger partial charge in [0.1, 0.15) is 29.1 Å². The smallest absolute Gasteiger partial charge is 0.407 e. The van der Waals surface area contributed by atoms with Gasteiger partial charge in [-0.1, -0.05) is 26.6 Å². The molecule has 11 heteroatoms. The van der Waals surface area contributed by atoms with E-state index in [4.69, 9.17) is 14.2 Å². The molecule has 3 rings (SSSR count). The molecule has 1 unspecified atom stereocenters. The van der Waals surface area contributed by atoms with Crippen LogP contribution >= 0.6 is 0 Å². The number of alkyl carbamates (subject to hydrolysis) is 1. The predicted octanol–water partition coefficient (Wildman–Crippen LogP) is 6.00. The van der Waals surface area contributed by atoms with E-state index in [1.165, 1.54) is 13.3 Å². The van der Waals surface area contributed by atoms with E-state index in [0.717, 1.165) is 37.1 Å². The Balaban J connectivity index is 1.89. The molecule has 0 bridgehead atoms. The Hall–Kier alpha value is -2.63. The average molecular weight is 591 g/mol. The molecule has 0 aromatic carbocycles. The zero-order chi connectivity index (χ0) is 30.6. The van der Waals surface area contributed by atoms with Crippen molar-refractivity contribution in [1.29, 1.82) is 0 Å². The molecule has 1 fully saturated rings. The second-order valence-corrected chi connectivity index (χ2v) is 19.2. The summed E-state index contributed by atoms with van der Waals surface area (Å²) >= 11 is 0. The number of amides is 1. The highest BCUT2D eigenvalue weighted by atomic mass is 28.3. The van der Waals surface area contributed by atoms with Gasteiger partial charge in [0.2, 0.25) is 0 Å². The van der Waals surface area contributed by atoms with Crippen molar-refractivity contribution in [3.8, 4) is 0 Å². The number of nitrogens with zero attached hydrogens (tertiary/aromatic N) is 2. The van der Waals surface area contributed by atoms with Crippen LogP contribution in [0.15, 0.2) is 12.3 Å². The molecule has 230 valence electrons. The molecule has 10 nitrogen and oxygen atoms in total. The second-order valence-electron chi connectivity index (χ2n) is 13.5. The maximum Gasteiger partial charge on any atom is 0.407 e. The summed E-state index contributed by atoms with van der Waals surface area (Å²) in [7, 11) is 0.0917. The minimum absolute atomic E-state index is 0.0288. The Kier molecular flexibility index (Phi) is 10.5. The molecule has 2 heterocycles. The molecule has 1 aliphatic rings. The van der Waals surface area contributed by atoms with Crippen molar-refractivity contribution in [2.24, 2.45) is 0 Å². The van der Waals surface area contributed by atoms with E-state index in [-0.39, 0.29) is 18.8 Å². The highest BCUT2D eigenvalue weighted by molar-refractivity contribution is 6.76. The lowest BCUT2D eigenvalue weighted by Crippen LogP contribution is -2.42. The summed E-state index contributed by atoms with van der Waals surface area (Å²) < 4.78 is 18.5. The van der Waals surface area contributed by atoms with E-state index in [1.54, 1.807) is 6.92 Å². The first-order chi connectivity index (χ1) is 19.0. The molecule has 1 amide bonds. The molecule has 0 spiro atoms. The first kappa shape index (κ1) is 32.9. The SMILES string of the molecule is CCC(C)(O)c1cc2c(N[C@H]3CC[C@H](NC(=O)OC(C)(C)C)CC3)c(C(=O)OC)cnc2n1COCC[Si](C)(C)C. The molecule has 1 saturated carbocycles.